The average Bonchev–Trinajstić information content (AvgIpc) is 2.91. The smallest absolute Gasteiger partial charge is 0.266 e. The molecule has 1 heterocycles. The second kappa shape index (κ2) is 6.03. The quantitative estimate of drug-likeness (QED) is 0.858. The third kappa shape index (κ3) is 2.78. The van der Waals surface area contributed by atoms with Crippen molar-refractivity contribution in [2.75, 3.05) is 0 Å². The first-order valence-corrected chi connectivity index (χ1v) is 9.58. The molecule has 2 fully saturated rings. The molecule has 1 atom stereocenters. The Hall–Kier alpha value is -1.36. The van der Waals surface area contributed by atoms with Gasteiger partial charge in [-0.3, -0.25) is 4.79 Å². The molecule has 1 saturated heterocycles. The summed E-state index contributed by atoms with van der Waals surface area (Å²) in [6, 6.07) is 6.63. The second-order valence-electron chi connectivity index (χ2n) is 6.51. The number of hydrogen-bond acceptors (Lipinski definition) is 3. The highest BCUT2D eigenvalue weighted by molar-refractivity contribution is 7.89. The summed E-state index contributed by atoms with van der Waals surface area (Å²) in [7, 11) is -3.72. The lowest BCUT2D eigenvalue weighted by molar-refractivity contribution is -0.124. The fraction of sp³-hybridized carbons (Fsp3) is 0.588. The van der Waals surface area contributed by atoms with E-state index in [-0.39, 0.29) is 16.8 Å². The predicted octanol–water partition coefficient (Wildman–Crippen LogP) is 3.26. The molecule has 1 aromatic rings. The van der Waals surface area contributed by atoms with Crippen LogP contribution in [0, 0.1) is 12.8 Å². The maximum atomic E-state index is 12.9. The van der Waals surface area contributed by atoms with Crippen molar-refractivity contribution in [3.8, 4) is 0 Å². The summed E-state index contributed by atoms with van der Waals surface area (Å²) >= 11 is 0. The van der Waals surface area contributed by atoms with E-state index in [1.54, 1.807) is 24.3 Å². The molecule has 0 radical (unpaired) electrons. The van der Waals surface area contributed by atoms with E-state index in [0.717, 1.165) is 31.2 Å². The van der Waals surface area contributed by atoms with Crippen LogP contribution in [-0.4, -0.2) is 24.7 Å². The number of sulfonamides is 1. The lowest BCUT2D eigenvalue weighted by Gasteiger charge is -2.33. The molecule has 5 heteroatoms. The van der Waals surface area contributed by atoms with Gasteiger partial charge in [-0.25, -0.2) is 12.7 Å². The van der Waals surface area contributed by atoms with Crippen molar-refractivity contribution >= 4 is 15.9 Å². The van der Waals surface area contributed by atoms with Gasteiger partial charge in [-0.05, 0) is 44.2 Å². The number of hydrogen-bond donors (Lipinski definition) is 0. The zero-order valence-electron chi connectivity index (χ0n) is 13.0. The summed E-state index contributed by atoms with van der Waals surface area (Å²) in [5.41, 5.74) is 1.01. The minimum Gasteiger partial charge on any atom is -0.274 e. The van der Waals surface area contributed by atoms with Crippen LogP contribution in [0.2, 0.25) is 0 Å². The van der Waals surface area contributed by atoms with Crippen LogP contribution in [0.4, 0.5) is 0 Å². The number of rotatable bonds is 3. The van der Waals surface area contributed by atoms with Crippen LogP contribution in [0.25, 0.3) is 0 Å². The molecule has 0 N–H and O–H groups in total. The standard InChI is InChI=1S/C17H23NO3S/c1-13-7-9-15(10-8-13)22(20,21)18-16(11-12-17(18)19)14-5-3-2-4-6-14/h7-10,14,16H,2-6,11-12H2,1H3/t16-/m0/s1. The Bertz CT molecular complexity index is 645. The van der Waals surface area contributed by atoms with Gasteiger partial charge in [0.05, 0.1) is 10.9 Å². The van der Waals surface area contributed by atoms with Gasteiger partial charge in [0.1, 0.15) is 0 Å². The van der Waals surface area contributed by atoms with Crippen molar-refractivity contribution in [3.05, 3.63) is 29.8 Å². The number of amides is 1. The number of carbonyl (C=O) groups is 1. The van der Waals surface area contributed by atoms with Gasteiger partial charge in [0.2, 0.25) is 5.91 Å². The molecule has 0 aromatic heterocycles. The molecule has 2 aliphatic rings. The molecule has 1 amide bonds. The third-order valence-corrected chi connectivity index (χ3v) is 6.83. The Morgan fingerprint density at radius 3 is 2.27 bits per heavy atom. The minimum atomic E-state index is -3.72. The van der Waals surface area contributed by atoms with Crippen LogP contribution in [0.1, 0.15) is 50.5 Å². The number of nitrogens with zero attached hydrogens (tertiary/aromatic N) is 1. The summed E-state index contributed by atoms with van der Waals surface area (Å²) in [5, 5.41) is 0. The van der Waals surface area contributed by atoms with E-state index in [9.17, 15) is 13.2 Å². The topological polar surface area (TPSA) is 54.5 Å². The molecular formula is C17H23NO3S. The second-order valence-corrected chi connectivity index (χ2v) is 8.33. The first-order valence-electron chi connectivity index (χ1n) is 8.14. The molecular weight excluding hydrogens is 298 g/mol. The zero-order valence-corrected chi connectivity index (χ0v) is 13.8. The highest BCUT2D eigenvalue weighted by Gasteiger charge is 2.44. The van der Waals surface area contributed by atoms with Crippen LogP contribution in [-0.2, 0) is 14.8 Å². The normalized spacial score (nSPS) is 24.0. The van der Waals surface area contributed by atoms with Crippen molar-refractivity contribution in [2.24, 2.45) is 5.92 Å². The SMILES string of the molecule is Cc1ccc(S(=O)(=O)N2C(=O)CC[C@H]2C2CCCCC2)cc1. The summed E-state index contributed by atoms with van der Waals surface area (Å²) in [6.45, 7) is 1.92. The molecule has 0 bridgehead atoms. The zero-order chi connectivity index (χ0) is 15.7. The Morgan fingerprint density at radius 2 is 1.64 bits per heavy atom. The minimum absolute atomic E-state index is 0.140. The molecule has 1 aliphatic heterocycles. The highest BCUT2D eigenvalue weighted by Crippen LogP contribution is 2.37. The van der Waals surface area contributed by atoms with Gasteiger partial charge in [0.25, 0.3) is 10.0 Å². The average molecular weight is 321 g/mol. The van der Waals surface area contributed by atoms with Crippen molar-refractivity contribution < 1.29 is 13.2 Å². The molecule has 3 rings (SSSR count). The van der Waals surface area contributed by atoms with Crippen LogP contribution in [0.15, 0.2) is 29.2 Å². The fourth-order valence-corrected chi connectivity index (χ4v) is 5.47. The van der Waals surface area contributed by atoms with Gasteiger partial charge in [0, 0.05) is 6.42 Å². The van der Waals surface area contributed by atoms with Gasteiger partial charge in [0.15, 0.2) is 0 Å². The van der Waals surface area contributed by atoms with E-state index in [0.29, 0.717) is 18.8 Å². The largest absolute Gasteiger partial charge is 0.274 e. The summed E-state index contributed by atoms with van der Waals surface area (Å²) < 4.78 is 27.0. The summed E-state index contributed by atoms with van der Waals surface area (Å²) in [4.78, 5) is 12.5. The molecule has 120 valence electrons. The highest BCUT2D eigenvalue weighted by atomic mass is 32.2. The molecule has 0 unspecified atom stereocenters. The number of carbonyl (C=O) groups excluding carboxylic acids is 1. The van der Waals surface area contributed by atoms with Gasteiger partial charge >= 0.3 is 0 Å². The van der Waals surface area contributed by atoms with Crippen molar-refractivity contribution in [2.45, 2.75) is 62.8 Å². The van der Waals surface area contributed by atoms with E-state index in [4.69, 9.17) is 0 Å². The van der Waals surface area contributed by atoms with Gasteiger partial charge < -0.3 is 0 Å². The van der Waals surface area contributed by atoms with Crippen molar-refractivity contribution in [1.82, 2.24) is 4.31 Å². The van der Waals surface area contributed by atoms with Crippen LogP contribution in [0.5, 0.6) is 0 Å². The van der Waals surface area contributed by atoms with Gasteiger partial charge in [-0.2, -0.15) is 0 Å². The van der Waals surface area contributed by atoms with Crippen molar-refractivity contribution in [1.29, 1.82) is 0 Å². The van der Waals surface area contributed by atoms with E-state index in [2.05, 4.69) is 0 Å². The van der Waals surface area contributed by atoms with Crippen LogP contribution < -0.4 is 0 Å². The predicted molar refractivity (Wildman–Crippen MR) is 84.8 cm³/mol. The summed E-state index contributed by atoms with van der Waals surface area (Å²) in [6.07, 6.45) is 6.63. The van der Waals surface area contributed by atoms with Gasteiger partial charge in [-0.15, -0.1) is 0 Å². The number of aryl methyl sites for hydroxylation is 1. The lowest BCUT2D eigenvalue weighted by atomic mass is 9.83. The maximum absolute atomic E-state index is 12.9. The van der Waals surface area contributed by atoms with Crippen LogP contribution >= 0.6 is 0 Å². The Balaban J connectivity index is 1.92. The van der Waals surface area contributed by atoms with E-state index in [1.165, 1.54) is 10.7 Å². The third-order valence-electron chi connectivity index (χ3n) is 4.97. The van der Waals surface area contributed by atoms with E-state index >= 15 is 0 Å². The lowest BCUT2D eigenvalue weighted by Crippen LogP contribution is -2.43. The molecule has 1 aliphatic carbocycles. The Kier molecular flexibility index (Phi) is 4.26. The molecule has 1 aromatic carbocycles. The Labute approximate surface area is 132 Å². The molecule has 4 nitrogen and oxygen atoms in total. The van der Waals surface area contributed by atoms with Crippen LogP contribution in [0.3, 0.4) is 0 Å². The molecule has 0 spiro atoms. The fourth-order valence-electron chi connectivity index (χ4n) is 3.77. The van der Waals surface area contributed by atoms with Crippen molar-refractivity contribution in [3.63, 3.8) is 0 Å². The maximum Gasteiger partial charge on any atom is 0.266 e. The number of benzene rings is 1. The monoisotopic (exact) mass is 321 g/mol. The molecule has 22 heavy (non-hydrogen) atoms. The first kappa shape index (κ1) is 15.5. The molecule has 1 saturated carbocycles. The van der Waals surface area contributed by atoms with Gasteiger partial charge in [-0.1, -0.05) is 37.0 Å². The van der Waals surface area contributed by atoms with E-state index in [1.807, 2.05) is 6.92 Å². The Morgan fingerprint density at radius 1 is 1.00 bits per heavy atom. The van der Waals surface area contributed by atoms with E-state index < -0.39 is 10.0 Å². The first-order chi connectivity index (χ1) is 10.5. The summed E-state index contributed by atoms with van der Waals surface area (Å²) in [5.74, 6) is 0.0940.